The number of amides is 1. The van der Waals surface area contributed by atoms with Crippen molar-refractivity contribution in [3.63, 3.8) is 0 Å². The third kappa shape index (κ3) is 2.87. The van der Waals surface area contributed by atoms with Crippen molar-refractivity contribution < 1.29 is 4.79 Å². The SMILES string of the molecule is Cc1cc(C)cc(NC(=O)c2sccc2Cl)c1. The van der Waals surface area contributed by atoms with Gasteiger partial charge in [0, 0.05) is 5.69 Å². The van der Waals surface area contributed by atoms with Crippen molar-refractivity contribution in [2.45, 2.75) is 13.8 Å². The fraction of sp³-hybridized carbons (Fsp3) is 0.154. The molecule has 0 aliphatic heterocycles. The van der Waals surface area contributed by atoms with Crippen LogP contribution >= 0.6 is 22.9 Å². The van der Waals surface area contributed by atoms with E-state index in [1.54, 1.807) is 11.4 Å². The first-order valence-electron chi connectivity index (χ1n) is 5.19. The van der Waals surface area contributed by atoms with Gasteiger partial charge in [0.25, 0.3) is 5.91 Å². The second-order valence-corrected chi connectivity index (χ2v) is 5.25. The number of benzene rings is 1. The normalized spacial score (nSPS) is 10.3. The summed E-state index contributed by atoms with van der Waals surface area (Å²) in [5.41, 5.74) is 3.05. The van der Waals surface area contributed by atoms with E-state index in [-0.39, 0.29) is 5.91 Å². The smallest absolute Gasteiger partial charge is 0.267 e. The van der Waals surface area contributed by atoms with Crippen molar-refractivity contribution in [1.82, 2.24) is 0 Å². The molecule has 1 aromatic heterocycles. The highest BCUT2D eigenvalue weighted by molar-refractivity contribution is 7.12. The number of rotatable bonds is 2. The molecule has 0 aliphatic carbocycles. The summed E-state index contributed by atoms with van der Waals surface area (Å²) in [6.07, 6.45) is 0. The van der Waals surface area contributed by atoms with Gasteiger partial charge in [-0.15, -0.1) is 11.3 Å². The average molecular weight is 266 g/mol. The maximum Gasteiger partial charge on any atom is 0.267 e. The molecule has 0 fully saturated rings. The topological polar surface area (TPSA) is 29.1 Å². The van der Waals surface area contributed by atoms with Gasteiger partial charge in [-0.3, -0.25) is 4.79 Å². The minimum atomic E-state index is -0.157. The fourth-order valence-corrected chi connectivity index (χ4v) is 2.73. The molecule has 1 N–H and O–H groups in total. The molecular formula is C13H12ClNOS. The molecule has 1 amide bonds. The van der Waals surface area contributed by atoms with E-state index < -0.39 is 0 Å². The van der Waals surface area contributed by atoms with Gasteiger partial charge in [0.15, 0.2) is 0 Å². The molecule has 0 spiro atoms. The van der Waals surface area contributed by atoms with Crippen molar-refractivity contribution in [3.05, 3.63) is 50.7 Å². The van der Waals surface area contributed by atoms with Gasteiger partial charge in [-0.05, 0) is 48.6 Å². The lowest BCUT2D eigenvalue weighted by atomic mass is 10.1. The van der Waals surface area contributed by atoms with Crippen LogP contribution in [0.15, 0.2) is 29.6 Å². The van der Waals surface area contributed by atoms with Gasteiger partial charge >= 0.3 is 0 Å². The van der Waals surface area contributed by atoms with Crippen molar-refractivity contribution >= 4 is 34.5 Å². The van der Waals surface area contributed by atoms with Gasteiger partial charge in [0.2, 0.25) is 0 Å². The molecule has 0 saturated carbocycles. The lowest BCUT2D eigenvalue weighted by molar-refractivity contribution is 0.103. The van der Waals surface area contributed by atoms with Crippen molar-refractivity contribution in [3.8, 4) is 0 Å². The van der Waals surface area contributed by atoms with Crippen molar-refractivity contribution in [2.24, 2.45) is 0 Å². The number of hydrogen-bond acceptors (Lipinski definition) is 2. The molecule has 1 aromatic carbocycles. The Morgan fingerprint density at radius 2 is 1.88 bits per heavy atom. The number of aryl methyl sites for hydroxylation is 2. The van der Waals surface area contributed by atoms with Crippen LogP contribution in [-0.2, 0) is 0 Å². The van der Waals surface area contributed by atoms with E-state index in [0.717, 1.165) is 16.8 Å². The summed E-state index contributed by atoms with van der Waals surface area (Å²) >= 11 is 7.25. The monoisotopic (exact) mass is 265 g/mol. The van der Waals surface area contributed by atoms with E-state index in [0.29, 0.717) is 9.90 Å². The molecule has 0 radical (unpaired) electrons. The van der Waals surface area contributed by atoms with Crippen molar-refractivity contribution in [1.29, 1.82) is 0 Å². The first kappa shape index (κ1) is 12.1. The summed E-state index contributed by atoms with van der Waals surface area (Å²) in [7, 11) is 0. The van der Waals surface area contributed by atoms with E-state index in [4.69, 9.17) is 11.6 Å². The lowest BCUT2D eigenvalue weighted by Gasteiger charge is -2.06. The minimum absolute atomic E-state index is 0.157. The Morgan fingerprint density at radius 1 is 1.24 bits per heavy atom. The van der Waals surface area contributed by atoms with Crippen LogP contribution in [0.1, 0.15) is 20.8 Å². The summed E-state index contributed by atoms with van der Waals surface area (Å²) in [4.78, 5) is 12.5. The summed E-state index contributed by atoms with van der Waals surface area (Å²) in [5.74, 6) is -0.157. The number of nitrogens with one attached hydrogen (secondary N) is 1. The van der Waals surface area contributed by atoms with Crippen LogP contribution in [-0.4, -0.2) is 5.91 Å². The largest absolute Gasteiger partial charge is 0.321 e. The number of anilines is 1. The lowest BCUT2D eigenvalue weighted by Crippen LogP contribution is -2.10. The van der Waals surface area contributed by atoms with E-state index in [1.165, 1.54) is 11.3 Å². The first-order valence-corrected chi connectivity index (χ1v) is 6.44. The quantitative estimate of drug-likeness (QED) is 0.863. The summed E-state index contributed by atoms with van der Waals surface area (Å²) in [6.45, 7) is 4.00. The van der Waals surface area contributed by atoms with E-state index >= 15 is 0 Å². The van der Waals surface area contributed by atoms with Gasteiger partial charge in [0.05, 0.1) is 5.02 Å². The van der Waals surface area contributed by atoms with Crippen LogP contribution in [0.4, 0.5) is 5.69 Å². The fourth-order valence-electron chi connectivity index (χ4n) is 1.69. The molecule has 0 bridgehead atoms. The highest BCUT2D eigenvalue weighted by Crippen LogP contribution is 2.23. The van der Waals surface area contributed by atoms with Crippen LogP contribution in [0.3, 0.4) is 0 Å². The zero-order valence-electron chi connectivity index (χ0n) is 9.58. The van der Waals surface area contributed by atoms with E-state index in [2.05, 4.69) is 11.4 Å². The predicted octanol–water partition coefficient (Wildman–Crippen LogP) is 4.27. The van der Waals surface area contributed by atoms with Crippen LogP contribution in [0.2, 0.25) is 5.02 Å². The van der Waals surface area contributed by atoms with Gasteiger partial charge in [-0.1, -0.05) is 17.7 Å². The second kappa shape index (κ2) is 4.90. The maximum atomic E-state index is 11.9. The third-order valence-electron chi connectivity index (χ3n) is 2.30. The molecule has 2 nitrogen and oxygen atoms in total. The van der Waals surface area contributed by atoms with Gasteiger partial charge in [-0.25, -0.2) is 0 Å². The Kier molecular flexibility index (Phi) is 3.50. The maximum absolute atomic E-state index is 11.9. The standard InChI is InChI=1S/C13H12ClNOS/c1-8-5-9(2)7-10(6-8)15-13(16)12-11(14)3-4-17-12/h3-7H,1-2H3,(H,15,16). The number of carbonyl (C=O) groups excluding carboxylic acids is 1. The highest BCUT2D eigenvalue weighted by Gasteiger charge is 2.12. The van der Waals surface area contributed by atoms with Gasteiger partial charge < -0.3 is 5.32 Å². The molecule has 0 atom stereocenters. The Bertz CT molecular complexity index is 542. The molecule has 88 valence electrons. The van der Waals surface area contributed by atoms with Gasteiger partial charge in [-0.2, -0.15) is 0 Å². The molecule has 4 heteroatoms. The second-order valence-electron chi connectivity index (χ2n) is 3.93. The zero-order chi connectivity index (χ0) is 12.4. The molecule has 0 unspecified atom stereocenters. The Morgan fingerprint density at radius 3 is 2.41 bits per heavy atom. The Balaban J connectivity index is 2.21. The van der Waals surface area contributed by atoms with Crippen LogP contribution in [0.5, 0.6) is 0 Å². The molecular weight excluding hydrogens is 254 g/mol. The third-order valence-corrected chi connectivity index (χ3v) is 3.64. The summed E-state index contributed by atoms with van der Waals surface area (Å²) in [5, 5.41) is 5.16. The molecule has 1 heterocycles. The van der Waals surface area contributed by atoms with Crippen molar-refractivity contribution in [2.75, 3.05) is 5.32 Å². The van der Waals surface area contributed by atoms with Gasteiger partial charge in [0.1, 0.15) is 4.88 Å². The summed E-state index contributed by atoms with van der Waals surface area (Å²) < 4.78 is 0. The Hall–Kier alpha value is -1.32. The first-order chi connectivity index (χ1) is 8.06. The molecule has 2 rings (SSSR count). The van der Waals surface area contributed by atoms with Crippen LogP contribution in [0, 0.1) is 13.8 Å². The number of thiophene rings is 1. The molecule has 0 saturated heterocycles. The van der Waals surface area contributed by atoms with Crippen LogP contribution in [0.25, 0.3) is 0 Å². The van der Waals surface area contributed by atoms with E-state index in [9.17, 15) is 4.79 Å². The van der Waals surface area contributed by atoms with Crippen LogP contribution < -0.4 is 5.32 Å². The summed E-state index contributed by atoms with van der Waals surface area (Å²) in [6, 6.07) is 7.66. The molecule has 2 aromatic rings. The number of carbonyl (C=O) groups is 1. The highest BCUT2D eigenvalue weighted by atomic mass is 35.5. The van der Waals surface area contributed by atoms with E-state index in [1.807, 2.05) is 26.0 Å². The molecule has 0 aliphatic rings. The minimum Gasteiger partial charge on any atom is -0.321 e. The Labute approximate surface area is 109 Å². The number of halogens is 1. The number of hydrogen-bond donors (Lipinski definition) is 1. The predicted molar refractivity (Wildman–Crippen MR) is 73.2 cm³/mol. The zero-order valence-corrected chi connectivity index (χ0v) is 11.2. The molecule has 17 heavy (non-hydrogen) atoms. The average Bonchev–Trinajstić information content (AvgIpc) is 2.62.